The minimum atomic E-state index is 0.894. The second-order valence-corrected chi connectivity index (χ2v) is 7.36. The van der Waals surface area contributed by atoms with E-state index in [-0.39, 0.29) is 0 Å². The highest BCUT2D eigenvalue weighted by Gasteiger charge is 2.24. The molecule has 2 aliphatic rings. The largest absolute Gasteiger partial charge is 0.368 e. The smallest absolute Gasteiger partial charge is 0.225 e. The van der Waals surface area contributed by atoms with Gasteiger partial charge in [-0.05, 0) is 25.0 Å². The summed E-state index contributed by atoms with van der Waals surface area (Å²) in [5, 5.41) is 0. The van der Waals surface area contributed by atoms with E-state index in [4.69, 9.17) is 9.97 Å². The molecule has 24 heavy (non-hydrogen) atoms. The summed E-state index contributed by atoms with van der Waals surface area (Å²) in [6.45, 7) is 7.99. The molecule has 3 heterocycles. The average Bonchev–Trinajstić information content (AvgIpc) is 3.12. The second kappa shape index (κ2) is 7.01. The molecule has 0 unspecified atom stereocenters. The van der Waals surface area contributed by atoms with Crippen LogP contribution in [0.2, 0.25) is 0 Å². The number of hydrogen-bond donors (Lipinski definition) is 0. The van der Waals surface area contributed by atoms with Crippen molar-refractivity contribution >= 4 is 23.4 Å². The Balaban J connectivity index is 1.50. The highest BCUT2D eigenvalue weighted by atomic mass is 32.2. The number of anilines is 2. The maximum atomic E-state index is 4.89. The SMILES string of the molecule is [CH2]CCc1nc(N2CCN(c3ccccc3)CC2)nc2c1SCC2. The number of hydrogen-bond acceptors (Lipinski definition) is 5. The number of aromatic nitrogens is 2. The van der Waals surface area contributed by atoms with Gasteiger partial charge >= 0.3 is 0 Å². The van der Waals surface area contributed by atoms with E-state index in [2.05, 4.69) is 47.1 Å². The van der Waals surface area contributed by atoms with E-state index in [1.165, 1.54) is 22.0 Å². The lowest BCUT2D eigenvalue weighted by atomic mass is 10.2. The molecule has 0 bridgehead atoms. The van der Waals surface area contributed by atoms with Gasteiger partial charge in [0.15, 0.2) is 0 Å². The number of para-hydroxylation sites is 1. The lowest BCUT2D eigenvalue weighted by molar-refractivity contribution is 0.634. The van der Waals surface area contributed by atoms with E-state index in [1.54, 1.807) is 0 Å². The molecule has 0 aliphatic carbocycles. The van der Waals surface area contributed by atoms with E-state index < -0.39 is 0 Å². The molecule has 0 spiro atoms. The topological polar surface area (TPSA) is 32.3 Å². The lowest BCUT2D eigenvalue weighted by Gasteiger charge is -2.36. The fourth-order valence-electron chi connectivity index (χ4n) is 3.40. The molecule has 1 radical (unpaired) electrons. The Bertz CT molecular complexity index is 696. The summed E-state index contributed by atoms with van der Waals surface area (Å²) in [5.74, 6) is 2.06. The standard InChI is InChI=1S/C19H23N4S/c1-2-6-16-18-17(9-14-24-18)21-19(20-16)23-12-10-22(11-13-23)15-7-4-3-5-8-15/h3-5,7-8H,1-2,6,9-14H2. The van der Waals surface area contributed by atoms with Crippen molar-refractivity contribution in [1.82, 2.24) is 9.97 Å². The molecule has 125 valence electrons. The van der Waals surface area contributed by atoms with Gasteiger partial charge in [-0.1, -0.05) is 25.1 Å². The van der Waals surface area contributed by atoms with Crippen molar-refractivity contribution in [2.75, 3.05) is 41.7 Å². The molecule has 2 aromatic rings. The summed E-state index contributed by atoms with van der Waals surface area (Å²) in [6, 6.07) is 10.7. The van der Waals surface area contributed by atoms with Gasteiger partial charge in [0.25, 0.3) is 0 Å². The Morgan fingerprint density at radius 1 is 1.00 bits per heavy atom. The number of thioether (sulfide) groups is 1. The normalized spacial score (nSPS) is 17.2. The third-order valence-electron chi connectivity index (χ3n) is 4.68. The fraction of sp³-hybridized carbons (Fsp3) is 0.421. The van der Waals surface area contributed by atoms with E-state index in [1.807, 2.05) is 11.8 Å². The van der Waals surface area contributed by atoms with Crippen LogP contribution in [0.15, 0.2) is 35.2 Å². The molecule has 0 saturated carbocycles. The van der Waals surface area contributed by atoms with E-state index in [9.17, 15) is 0 Å². The monoisotopic (exact) mass is 339 g/mol. The van der Waals surface area contributed by atoms with Crippen LogP contribution < -0.4 is 9.80 Å². The van der Waals surface area contributed by atoms with Crippen molar-refractivity contribution < 1.29 is 0 Å². The zero-order valence-corrected chi connectivity index (χ0v) is 14.8. The van der Waals surface area contributed by atoms with Crippen LogP contribution in [0.5, 0.6) is 0 Å². The van der Waals surface area contributed by atoms with Gasteiger partial charge in [0.05, 0.1) is 16.3 Å². The first-order valence-electron chi connectivity index (χ1n) is 8.72. The van der Waals surface area contributed by atoms with Crippen LogP contribution in [0, 0.1) is 6.92 Å². The van der Waals surface area contributed by atoms with Crippen molar-refractivity contribution in [3.05, 3.63) is 48.6 Å². The molecule has 1 fully saturated rings. The van der Waals surface area contributed by atoms with Crippen molar-refractivity contribution in [2.24, 2.45) is 0 Å². The number of benzene rings is 1. The first-order valence-corrected chi connectivity index (χ1v) is 9.70. The predicted molar refractivity (Wildman–Crippen MR) is 101 cm³/mol. The van der Waals surface area contributed by atoms with Gasteiger partial charge in [-0.2, -0.15) is 0 Å². The van der Waals surface area contributed by atoms with Crippen LogP contribution in [-0.4, -0.2) is 41.9 Å². The molecular weight excluding hydrogens is 316 g/mol. The first-order chi connectivity index (χ1) is 11.8. The van der Waals surface area contributed by atoms with Crippen molar-refractivity contribution in [3.63, 3.8) is 0 Å². The lowest BCUT2D eigenvalue weighted by Crippen LogP contribution is -2.47. The number of piperazine rings is 1. The molecule has 0 atom stereocenters. The number of rotatable bonds is 4. The third-order valence-corrected chi connectivity index (χ3v) is 5.84. The Kier molecular flexibility index (Phi) is 4.60. The van der Waals surface area contributed by atoms with Crippen LogP contribution in [0.1, 0.15) is 17.8 Å². The minimum Gasteiger partial charge on any atom is -0.368 e. The van der Waals surface area contributed by atoms with Crippen LogP contribution in [-0.2, 0) is 12.8 Å². The van der Waals surface area contributed by atoms with E-state index >= 15 is 0 Å². The molecule has 1 aromatic carbocycles. The van der Waals surface area contributed by atoms with E-state index in [0.717, 1.165) is 57.1 Å². The molecule has 4 nitrogen and oxygen atoms in total. The quantitative estimate of drug-likeness (QED) is 0.854. The Morgan fingerprint density at radius 3 is 2.50 bits per heavy atom. The first kappa shape index (κ1) is 15.8. The highest BCUT2D eigenvalue weighted by molar-refractivity contribution is 7.99. The van der Waals surface area contributed by atoms with Gasteiger partial charge in [0.1, 0.15) is 0 Å². The maximum absolute atomic E-state index is 4.89. The molecule has 0 N–H and O–H groups in total. The number of nitrogens with zero attached hydrogens (tertiary/aromatic N) is 4. The van der Waals surface area contributed by atoms with Crippen molar-refractivity contribution in [3.8, 4) is 0 Å². The van der Waals surface area contributed by atoms with Crippen LogP contribution in [0.4, 0.5) is 11.6 Å². The van der Waals surface area contributed by atoms with Gasteiger partial charge in [-0.3, -0.25) is 0 Å². The van der Waals surface area contributed by atoms with Crippen LogP contribution in [0.25, 0.3) is 0 Å². The molecule has 1 aromatic heterocycles. The number of fused-ring (bicyclic) bond motifs is 1. The number of aryl methyl sites for hydroxylation is 2. The van der Waals surface area contributed by atoms with Crippen LogP contribution in [0.3, 0.4) is 0 Å². The summed E-state index contributed by atoms with van der Waals surface area (Å²) in [6.07, 6.45) is 2.92. The third kappa shape index (κ3) is 3.09. The predicted octanol–water partition coefficient (Wildman–Crippen LogP) is 3.22. The summed E-state index contributed by atoms with van der Waals surface area (Å²) >= 11 is 1.91. The summed E-state index contributed by atoms with van der Waals surface area (Å²) < 4.78 is 0. The highest BCUT2D eigenvalue weighted by Crippen LogP contribution is 2.34. The average molecular weight is 339 g/mol. The fourth-order valence-corrected chi connectivity index (χ4v) is 4.53. The maximum Gasteiger partial charge on any atom is 0.225 e. The van der Waals surface area contributed by atoms with Gasteiger partial charge in [0.2, 0.25) is 5.95 Å². The molecule has 0 amide bonds. The van der Waals surface area contributed by atoms with E-state index in [0.29, 0.717) is 0 Å². The van der Waals surface area contributed by atoms with Gasteiger partial charge in [-0.25, -0.2) is 9.97 Å². The molecule has 2 aliphatic heterocycles. The Labute approximate surface area is 148 Å². The Morgan fingerprint density at radius 2 is 1.75 bits per heavy atom. The molecule has 1 saturated heterocycles. The second-order valence-electron chi connectivity index (χ2n) is 6.26. The van der Waals surface area contributed by atoms with Gasteiger partial charge < -0.3 is 9.80 Å². The summed E-state index contributed by atoms with van der Waals surface area (Å²) in [7, 11) is 0. The minimum absolute atomic E-state index is 0.894. The molecular formula is C19H23N4S. The van der Waals surface area contributed by atoms with Crippen molar-refractivity contribution in [1.29, 1.82) is 0 Å². The zero-order chi connectivity index (χ0) is 16.4. The molecule has 4 rings (SSSR count). The summed E-state index contributed by atoms with van der Waals surface area (Å²) in [5.41, 5.74) is 3.76. The van der Waals surface area contributed by atoms with Crippen molar-refractivity contribution in [2.45, 2.75) is 24.2 Å². The van der Waals surface area contributed by atoms with Gasteiger partial charge in [-0.15, -0.1) is 11.8 Å². The molecule has 5 heteroatoms. The summed E-state index contributed by atoms with van der Waals surface area (Å²) in [4.78, 5) is 15.9. The van der Waals surface area contributed by atoms with Crippen LogP contribution >= 0.6 is 11.8 Å². The Hall–Kier alpha value is -1.75. The van der Waals surface area contributed by atoms with Gasteiger partial charge in [0, 0.05) is 44.0 Å². The zero-order valence-electron chi connectivity index (χ0n) is 13.9.